The van der Waals surface area contributed by atoms with E-state index in [-0.39, 0.29) is 21.1 Å². The van der Waals surface area contributed by atoms with Gasteiger partial charge in [-0.25, -0.2) is 0 Å². The predicted molar refractivity (Wildman–Crippen MR) is 76.4 cm³/mol. The van der Waals surface area contributed by atoms with E-state index in [9.17, 15) is 22.8 Å². The Hall–Kier alpha value is -1.47. The Morgan fingerprint density at radius 1 is 1.33 bits per heavy atom. The number of hydrogen-bond donors (Lipinski definition) is 1. The highest BCUT2D eigenvalue weighted by Gasteiger charge is 2.35. The van der Waals surface area contributed by atoms with Crippen LogP contribution in [0, 0.1) is 0 Å². The summed E-state index contributed by atoms with van der Waals surface area (Å²) in [6, 6.07) is 1.81. The highest BCUT2D eigenvalue weighted by atomic mass is 35.5. The van der Waals surface area contributed by atoms with Gasteiger partial charge >= 0.3 is 6.18 Å². The fraction of sp³-hybridized carbons (Fsp3) is 0.231. The van der Waals surface area contributed by atoms with Crippen molar-refractivity contribution in [3.63, 3.8) is 0 Å². The lowest BCUT2D eigenvalue weighted by atomic mass is 10.0. The molecule has 2 rings (SSSR count). The van der Waals surface area contributed by atoms with E-state index in [0.717, 1.165) is 30.8 Å². The van der Waals surface area contributed by atoms with Crippen LogP contribution >= 0.6 is 23.4 Å². The number of carbonyl (C=O) groups excluding carboxylic acids is 1. The number of Topliss-reactive ketones (excluding diaryl/α,β-unsaturated/α-hetero) is 1. The zero-order chi connectivity index (χ0) is 15.9. The third-order valence-electron chi connectivity index (χ3n) is 2.94. The van der Waals surface area contributed by atoms with Gasteiger partial charge in [0.25, 0.3) is 0 Å². The fourth-order valence-electron chi connectivity index (χ4n) is 2.05. The van der Waals surface area contributed by atoms with Gasteiger partial charge in [0.15, 0.2) is 5.78 Å². The lowest BCUT2D eigenvalue weighted by molar-refractivity contribution is -0.136. The van der Waals surface area contributed by atoms with Crippen LogP contribution in [0.5, 0.6) is 0 Å². The van der Waals surface area contributed by atoms with Crippen molar-refractivity contribution in [2.45, 2.75) is 18.1 Å². The molecule has 21 heavy (non-hydrogen) atoms. The molecule has 0 spiro atoms. The van der Waals surface area contributed by atoms with Gasteiger partial charge in [0, 0.05) is 0 Å². The average Bonchev–Trinajstić information content (AvgIpc) is 2.37. The highest BCUT2D eigenvalue weighted by molar-refractivity contribution is 7.98. The monoisotopic (exact) mass is 335 g/mol. The molecule has 0 unspecified atom stereocenters. The summed E-state index contributed by atoms with van der Waals surface area (Å²) in [6.45, 7) is 1.13. The van der Waals surface area contributed by atoms with E-state index in [0.29, 0.717) is 0 Å². The first-order chi connectivity index (χ1) is 9.68. The van der Waals surface area contributed by atoms with Crippen molar-refractivity contribution in [2.24, 2.45) is 0 Å². The average molecular weight is 336 g/mol. The third-order valence-corrected chi connectivity index (χ3v) is 3.97. The first kappa shape index (κ1) is 15.9. The smallest absolute Gasteiger partial charge is 0.348 e. The van der Waals surface area contributed by atoms with Crippen molar-refractivity contribution < 1.29 is 18.0 Å². The van der Waals surface area contributed by atoms with Crippen molar-refractivity contribution >= 4 is 40.0 Å². The summed E-state index contributed by atoms with van der Waals surface area (Å²) in [6.07, 6.45) is -3.12. The maximum absolute atomic E-state index is 13.1. The second-order valence-electron chi connectivity index (χ2n) is 4.26. The Kier molecular flexibility index (Phi) is 4.08. The molecular formula is C13H9ClF3NO2S. The molecule has 1 aromatic heterocycles. The second-order valence-corrected chi connectivity index (χ2v) is 5.48. The summed E-state index contributed by atoms with van der Waals surface area (Å²) in [5.74, 6) is -0.601. The zero-order valence-corrected chi connectivity index (χ0v) is 12.5. The summed E-state index contributed by atoms with van der Waals surface area (Å²) in [4.78, 5) is 26.6. The molecule has 0 saturated heterocycles. The molecule has 0 saturated carbocycles. The Bertz CT molecular complexity index is 799. The predicted octanol–water partition coefficient (Wildman–Crippen LogP) is 4.12. The van der Waals surface area contributed by atoms with Crippen LogP contribution in [0.1, 0.15) is 22.8 Å². The standard InChI is InChI=1S/C13H9ClF3NO2S/c1-5(19)8-11(20)9-6(13(15,16)17)3-4-7(14)10(9)18-12(8)21-2/h3-4H,1-2H3,(H,18,20). The molecule has 0 fully saturated rings. The quantitative estimate of drug-likeness (QED) is 0.663. The number of thioether (sulfide) groups is 1. The lowest BCUT2D eigenvalue weighted by Gasteiger charge is -2.13. The zero-order valence-electron chi connectivity index (χ0n) is 10.9. The van der Waals surface area contributed by atoms with E-state index in [4.69, 9.17) is 11.6 Å². The number of hydrogen-bond acceptors (Lipinski definition) is 3. The van der Waals surface area contributed by atoms with Crippen LogP contribution in [-0.2, 0) is 6.18 Å². The molecular weight excluding hydrogens is 327 g/mol. The largest absolute Gasteiger partial charge is 0.417 e. The number of rotatable bonds is 2. The van der Waals surface area contributed by atoms with Crippen molar-refractivity contribution in [3.8, 4) is 0 Å². The van der Waals surface area contributed by atoms with Gasteiger partial charge in [-0.3, -0.25) is 9.59 Å². The number of carbonyl (C=O) groups is 1. The third kappa shape index (κ3) is 2.67. The number of H-pyrrole nitrogens is 1. The maximum Gasteiger partial charge on any atom is 0.417 e. The number of benzene rings is 1. The number of alkyl halides is 3. The van der Waals surface area contributed by atoms with Crippen LogP contribution in [-0.4, -0.2) is 17.0 Å². The van der Waals surface area contributed by atoms with Crippen molar-refractivity contribution in [1.82, 2.24) is 4.98 Å². The summed E-state index contributed by atoms with van der Waals surface area (Å²) in [5, 5.41) is -0.431. The normalized spacial score (nSPS) is 11.9. The molecule has 0 aliphatic carbocycles. The Balaban J connectivity index is 3.08. The molecule has 8 heteroatoms. The first-order valence-electron chi connectivity index (χ1n) is 5.69. The van der Waals surface area contributed by atoms with Gasteiger partial charge in [0.1, 0.15) is 0 Å². The number of halogens is 4. The molecule has 1 N–H and O–H groups in total. The van der Waals surface area contributed by atoms with Gasteiger partial charge in [-0.1, -0.05) is 11.6 Å². The van der Waals surface area contributed by atoms with E-state index in [1.165, 1.54) is 0 Å². The van der Waals surface area contributed by atoms with E-state index >= 15 is 0 Å². The fourth-order valence-corrected chi connectivity index (χ4v) is 2.90. The molecule has 0 bridgehead atoms. The van der Waals surface area contributed by atoms with Crippen LogP contribution in [0.4, 0.5) is 13.2 Å². The number of aromatic amines is 1. The van der Waals surface area contributed by atoms with Gasteiger partial charge in [-0.15, -0.1) is 11.8 Å². The molecule has 3 nitrogen and oxygen atoms in total. The number of fused-ring (bicyclic) bond motifs is 1. The van der Waals surface area contributed by atoms with E-state index in [2.05, 4.69) is 4.98 Å². The first-order valence-corrected chi connectivity index (χ1v) is 7.29. The minimum absolute atomic E-state index is 0.0134. The lowest BCUT2D eigenvalue weighted by Crippen LogP contribution is -2.20. The molecule has 0 atom stereocenters. The number of ketones is 1. The van der Waals surface area contributed by atoms with Gasteiger partial charge in [0.05, 0.1) is 32.1 Å². The number of pyridine rings is 1. The van der Waals surface area contributed by atoms with Crippen LogP contribution in [0.15, 0.2) is 22.0 Å². The van der Waals surface area contributed by atoms with Crippen LogP contribution in [0.3, 0.4) is 0 Å². The summed E-state index contributed by atoms with van der Waals surface area (Å²) < 4.78 is 39.2. The Morgan fingerprint density at radius 3 is 2.43 bits per heavy atom. The van der Waals surface area contributed by atoms with Gasteiger partial charge in [-0.05, 0) is 25.3 Å². The number of aromatic nitrogens is 1. The summed E-state index contributed by atoms with van der Waals surface area (Å²) in [7, 11) is 0. The van der Waals surface area contributed by atoms with E-state index < -0.39 is 28.3 Å². The molecule has 0 aliphatic rings. The van der Waals surface area contributed by atoms with Gasteiger partial charge in [-0.2, -0.15) is 13.2 Å². The SMILES string of the molecule is CSc1[nH]c2c(Cl)ccc(C(F)(F)F)c2c(=O)c1C(C)=O. The van der Waals surface area contributed by atoms with Crippen molar-refractivity contribution in [2.75, 3.05) is 6.26 Å². The minimum Gasteiger partial charge on any atom is -0.348 e. The van der Waals surface area contributed by atoms with Crippen LogP contribution in [0.25, 0.3) is 10.9 Å². The van der Waals surface area contributed by atoms with Gasteiger partial charge < -0.3 is 4.98 Å². The van der Waals surface area contributed by atoms with Crippen LogP contribution in [0.2, 0.25) is 5.02 Å². The van der Waals surface area contributed by atoms with E-state index in [1.54, 1.807) is 6.26 Å². The highest BCUT2D eigenvalue weighted by Crippen LogP contribution is 2.36. The minimum atomic E-state index is -4.72. The molecule has 112 valence electrons. The van der Waals surface area contributed by atoms with Crippen molar-refractivity contribution in [1.29, 1.82) is 0 Å². The molecule has 1 aromatic carbocycles. The number of nitrogens with one attached hydrogen (secondary N) is 1. The summed E-state index contributed by atoms with van der Waals surface area (Å²) in [5.41, 5.74) is -2.48. The Morgan fingerprint density at radius 2 is 1.95 bits per heavy atom. The van der Waals surface area contributed by atoms with Crippen LogP contribution < -0.4 is 5.43 Å². The Labute approximate surface area is 126 Å². The maximum atomic E-state index is 13.1. The molecule has 2 aromatic rings. The summed E-state index contributed by atoms with van der Waals surface area (Å²) >= 11 is 6.94. The molecule has 0 radical (unpaired) electrons. The molecule has 0 aliphatic heterocycles. The van der Waals surface area contributed by atoms with Crippen molar-refractivity contribution in [3.05, 3.63) is 38.5 Å². The second kappa shape index (κ2) is 5.38. The molecule has 0 amide bonds. The topological polar surface area (TPSA) is 49.9 Å². The van der Waals surface area contributed by atoms with Gasteiger partial charge in [0.2, 0.25) is 5.43 Å². The van der Waals surface area contributed by atoms with E-state index in [1.807, 2.05) is 0 Å². The molecule has 1 heterocycles.